The molecule has 0 amide bonds. The van der Waals surface area contributed by atoms with Gasteiger partial charge in [-0.2, -0.15) is 0 Å². The first-order chi connectivity index (χ1) is 7.34. The molecule has 0 atom stereocenters. The van der Waals surface area contributed by atoms with Crippen LogP contribution in [0.1, 0.15) is 32.1 Å². The third-order valence-corrected chi connectivity index (χ3v) is 3.25. The summed E-state index contributed by atoms with van der Waals surface area (Å²) in [5, 5.41) is 3.19. The minimum atomic E-state index is 0.767. The zero-order valence-corrected chi connectivity index (χ0v) is 10.3. The van der Waals surface area contributed by atoms with Gasteiger partial charge in [0.1, 0.15) is 0 Å². The maximum atomic E-state index is 5.37. The number of nitrogens with zero attached hydrogens (tertiary/aromatic N) is 1. The fraction of sp³-hybridized carbons (Fsp3) is 1.00. The van der Waals surface area contributed by atoms with Crippen LogP contribution in [0.15, 0.2) is 0 Å². The lowest BCUT2D eigenvalue weighted by Crippen LogP contribution is -2.37. The summed E-state index contributed by atoms with van der Waals surface area (Å²) in [6.07, 6.45) is 6.40. The highest BCUT2D eigenvalue weighted by Crippen LogP contribution is 2.13. The Morgan fingerprint density at radius 3 is 2.60 bits per heavy atom. The summed E-state index contributed by atoms with van der Waals surface area (Å²) in [5.74, 6) is 0. The minimum Gasteiger partial charge on any atom is -0.381 e. The fourth-order valence-corrected chi connectivity index (χ4v) is 2.15. The lowest BCUT2D eigenvalue weighted by molar-refractivity contribution is 0.0426. The van der Waals surface area contributed by atoms with E-state index in [0.29, 0.717) is 0 Å². The molecule has 3 heteroatoms. The zero-order chi connectivity index (χ0) is 10.9. The highest BCUT2D eigenvalue weighted by atomic mass is 16.5. The van der Waals surface area contributed by atoms with Gasteiger partial charge < -0.3 is 15.0 Å². The van der Waals surface area contributed by atoms with E-state index in [0.717, 1.165) is 25.8 Å². The molecule has 0 radical (unpaired) electrons. The summed E-state index contributed by atoms with van der Waals surface area (Å²) in [4.78, 5) is 2.52. The Bertz CT molecular complexity index is 147. The predicted molar refractivity (Wildman–Crippen MR) is 64.2 cm³/mol. The van der Waals surface area contributed by atoms with Gasteiger partial charge in [0, 0.05) is 19.3 Å². The van der Waals surface area contributed by atoms with Crippen molar-refractivity contribution < 1.29 is 4.74 Å². The van der Waals surface area contributed by atoms with Crippen LogP contribution in [0.4, 0.5) is 0 Å². The first kappa shape index (κ1) is 12.9. The molecule has 0 aliphatic carbocycles. The summed E-state index contributed by atoms with van der Waals surface area (Å²) >= 11 is 0. The van der Waals surface area contributed by atoms with E-state index >= 15 is 0 Å². The number of hydrogen-bond acceptors (Lipinski definition) is 3. The van der Waals surface area contributed by atoms with E-state index in [1.807, 2.05) is 7.05 Å². The third kappa shape index (κ3) is 5.50. The molecule has 15 heavy (non-hydrogen) atoms. The number of ether oxygens (including phenoxy) is 1. The van der Waals surface area contributed by atoms with E-state index < -0.39 is 0 Å². The third-order valence-electron chi connectivity index (χ3n) is 3.25. The topological polar surface area (TPSA) is 24.5 Å². The molecule has 0 saturated carbocycles. The molecule has 3 nitrogen and oxygen atoms in total. The van der Waals surface area contributed by atoms with Gasteiger partial charge in [0.2, 0.25) is 0 Å². The van der Waals surface area contributed by atoms with Crippen molar-refractivity contribution in [3.63, 3.8) is 0 Å². The number of nitrogens with one attached hydrogen (secondary N) is 1. The van der Waals surface area contributed by atoms with Crippen molar-refractivity contribution in [2.75, 3.05) is 40.4 Å². The lowest BCUT2D eigenvalue weighted by atomic mass is 10.1. The first-order valence-corrected chi connectivity index (χ1v) is 6.27. The average molecular weight is 214 g/mol. The van der Waals surface area contributed by atoms with Crippen molar-refractivity contribution in [2.45, 2.75) is 38.1 Å². The van der Waals surface area contributed by atoms with Crippen molar-refractivity contribution in [1.29, 1.82) is 0 Å². The maximum Gasteiger partial charge on any atom is 0.0480 e. The van der Waals surface area contributed by atoms with Crippen LogP contribution >= 0.6 is 0 Å². The molecule has 0 aromatic carbocycles. The Morgan fingerprint density at radius 1 is 1.20 bits per heavy atom. The minimum absolute atomic E-state index is 0.767. The molecule has 0 aromatic rings. The molecular weight excluding hydrogens is 188 g/mol. The predicted octanol–water partition coefficient (Wildman–Crippen LogP) is 1.49. The Balaban J connectivity index is 1.99. The van der Waals surface area contributed by atoms with E-state index in [4.69, 9.17) is 4.74 Å². The summed E-state index contributed by atoms with van der Waals surface area (Å²) in [7, 11) is 4.28. The molecule has 0 unspecified atom stereocenters. The summed E-state index contributed by atoms with van der Waals surface area (Å²) in [5.41, 5.74) is 0. The smallest absolute Gasteiger partial charge is 0.0480 e. The summed E-state index contributed by atoms with van der Waals surface area (Å²) in [6, 6.07) is 0.767. The van der Waals surface area contributed by atoms with Crippen LogP contribution in [0.3, 0.4) is 0 Å². The van der Waals surface area contributed by atoms with Crippen LogP contribution in [0.2, 0.25) is 0 Å². The van der Waals surface area contributed by atoms with Crippen LogP contribution in [-0.4, -0.2) is 51.3 Å². The van der Waals surface area contributed by atoms with Crippen LogP contribution in [0.5, 0.6) is 0 Å². The standard InChI is InChI=1S/C12H26N2O/c1-13-8-4-3-5-9-14(2)12-6-10-15-11-7-12/h12-13H,3-11H2,1-2H3. The molecule has 1 aliphatic heterocycles. The second-order valence-electron chi connectivity index (χ2n) is 4.49. The molecule has 1 heterocycles. The van der Waals surface area contributed by atoms with Crippen LogP contribution in [0, 0.1) is 0 Å². The van der Waals surface area contributed by atoms with Gasteiger partial charge in [-0.05, 0) is 52.9 Å². The van der Waals surface area contributed by atoms with E-state index in [1.54, 1.807) is 0 Å². The molecule has 90 valence electrons. The average Bonchev–Trinajstić information content (AvgIpc) is 2.30. The number of hydrogen-bond donors (Lipinski definition) is 1. The number of unbranched alkanes of at least 4 members (excludes halogenated alkanes) is 2. The van der Waals surface area contributed by atoms with Crippen LogP contribution < -0.4 is 5.32 Å². The highest BCUT2D eigenvalue weighted by molar-refractivity contribution is 4.71. The van der Waals surface area contributed by atoms with Gasteiger partial charge in [-0.1, -0.05) is 6.42 Å². The van der Waals surface area contributed by atoms with Gasteiger partial charge >= 0.3 is 0 Å². The molecule has 1 saturated heterocycles. The summed E-state index contributed by atoms with van der Waals surface area (Å²) in [6.45, 7) is 4.30. The molecule has 1 N–H and O–H groups in total. The van der Waals surface area contributed by atoms with Crippen LogP contribution in [0.25, 0.3) is 0 Å². The quantitative estimate of drug-likeness (QED) is 0.650. The summed E-state index contributed by atoms with van der Waals surface area (Å²) < 4.78 is 5.37. The van der Waals surface area contributed by atoms with Gasteiger partial charge in [-0.25, -0.2) is 0 Å². The van der Waals surface area contributed by atoms with E-state index in [2.05, 4.69) is 17.3 Å². The number of rotatable bonds is 7. The zero-order valence-electron chi connectivity index (χ0n) is 10.3. The first-order valence-electron chi connectivity index (χ1n) is 6.27. The van der Waals surface area contributed by atoms with Crippen molar-refractivity contribution in [2.24, 2.45) is 0 Å². The Hall–Kier alpha value is -0.120. The normalized spacial score (nSPS) is 18.6. The molecule has 1 aliphatic rings. The Labute approximate surface area is 94.2 Å². The van der Waals surface area contributed by atoms with E-state index in [-0.39, 0.29) is 0 Å². The largest absolute Gasteiger partial charge is 0.381 e. The van der Waals surface area contributed by atoms with Crippen molar-refractivity contribution in [1.82, 2.24) is 10.2 Å². The monoisotopic (exact) mass is 214 g/mol. The molecule has 0 spiro atoms. The SMILES string of the molecule is CNCCCCCN(C)C1CCOCC1. The van der Waals surface area contributed by atoms with E-state index in [1.165, 1.54) is 38.6 Å². The second kappa shape index (κ2) is 8.08. The second-order valence-corrected chi connectivity index (χ2v) is 4.49. The fourth-order valence-electron chi connectivity index (χ4n) is 2.15. The molecule has 0 bridgehead atoms. The van der Waals surface area contributed by atoms with E-state index in [9.17, 15) is 0 Å². The maximum absolute atomic E-state index is 5.37. The van der Waals surface area contributed by atoms with Gasteiger partial charge in [0.25, 0.3) is 0 Å². The lowest BCUT2D eigenvalue weighted by Gasteiger charge is -2.31. The highest BCUT2D eigenvalue weighted by Gasteiger charge is 2.17. The Kier molecular flexibility index (Phi) is 6.98. The van der Waals surface area contributed by atoms with Crippen molar-refractivity contribution in [3.8, 4) is 0 Å². The van der Waals surface area contributed by atoms with Gasteiger partial charge in [0.05, 0.1) is 0 Å². The Morgan fingerprint density at radius 2 is 1.93 bits per heavy atom. The van der Waals surface area contributed by atoms with Gasteiger partial charge in [0.15, 0.2) is 0 Å². The van der Waals surface area contributed by atoms with Gasteiger partial charge in [-0.15, -0.1) is 0 Å². The van der Waals surface area contributed by atoms with Crippen LogP contribution in [-0.2, 0) is 4.74 Å². The molecule has 1 fully saturated rings. The molecular formula is C12H26N2O. The van der Waals surface area contributed by atoms with Crippen molar-refractivity contribution >= 4 is 0 Å². The van der Waals surface area contributed by atoms with Crippen molar-refractivity contribution in [3.05, 3.63) is 0 Å². The molecule has 1 rings (SSSR count). The van der Waals surface area contributed by atoms with Gasteiger partial charge in [-0.3, -0.25) is 0 Å². The molecule has 0 aromatic heterocycles.